The number of anilines is 1. The maximum atomic E-state index is 12.0. The molecule has 6 heteroatoms. The lowest BCUT2D eigenvalue weighted by atomic mass is 10.3. The molecule has 0 saturated carbocycles. The van der Waals surface area contributed by atoms with Gasteiger partial charge in [0.1, 0.15) is 23.8 Å². The van der Waals surface area contributed by atoms with E-state index >= 15 is 0 Å². The molecule has 0 unspecified atom stereocenters. The molecule has 2 N–H and O–H groups in total. The predicted molar refractivity (Wildman–Crippen MR) is 98.5 cm³/mol. The van der Waals surface area contributed by atoms with Crippen molar-refractivity contribution in [3.8, 4) is 11.5 Å². The van der Waals surface area contributed by atoms with E-state index in [2.05, 4.69) is 22.5 Å². The summed E-state index contributed by atoms with van der Waals surface area (Å²) < 4.78 is 10.7. The van der Waals surface area contributed by atoms with Crippen LogP contribution in [0, 0.1) is 0 Å². The van der Waals surface area contributed by atoms with Gasteiger partial charge in [0.05, 0.1) is 25.5 Å². The summed E-state index contributed by atoms with van der Waals surface area (Å²) in [5.41, 5.74) is 1.32. The number of hydrogen-bond donors (Lipinski definition) is 2. The Morgan fingerprint density at radius 3 is 2.48 bits per heavy atom. The third kappa shape index (κ3) is 6.33. The number of unbranched alkanes of at least 4 members (excludes halogenated alkanes) is 1. The molecule has 2 rings (SSSR count). The van der Waals surface area contributed by atoms with Gasteiger partial charge in [0.2, 0.25) is 0 Å². The molecule has 0 atom stereocenters. The van der Waals surface area contributed by atoms with Crippen molar-refractivity contribution < 1.29 is 14.3 Å². The zero-order chi connectivity index (χ0) is 17.9. The third-order valence-corrected chi connectivity index (χ3v) is 3.57. The van der Waals surface area contributed by atoms with E-state index < -0.39 is 0 Å². The highest BCUT2D eigenvalue weighted by atomic mass is 16.5. The van der Waals surface area contributed by atoms with Crippen molar-refractivity contribution in [3.05, 3.63) is 48.3 Å². The van der Waals surface area contributed by atoms with Crippen LogP contribution in [0.4, 0.5) is 5.69 Å². The monoisotopic (exact) mass is 343 g/mol. The molecule has 1 heterocycles. The molecule has 1 aromatic heterocycles. The van der Waals surface area contributed by atoms with Crippen LogP contribution in [0.25, 0.3) is 0 Å². The van der Waals surface area contributed by atoms with Crippen molar-refractivity contribution in [2.45, 2.75) is 19.8 Å². The average Bonchev–Trinajstić information content (AvgIpc) is 2.66. The van der Waals surface area contributed by atoms with Crippen LogP contribution in [0.2, 0.25) is 0 Å². The summed E-state index contributed by atoms with van der Waals surface area (Å²) in [7, 11) is 1.62. The molecule has 0 bridgehead atoms. The highest BCUT2D eigenvalue weighted by Gasteiger charge is 2.06. The molecule has 2 aromatic rings. The van der Waals surface area contributed by atoms with Crippen LogP contribution >= 0.6 is 0 Å². The minimum absolute atomic E-state index is 0.210. The Morgan fingerprint density at radius 2 is 1.84 bits per heavy atom. The standard InChI is InChI=1S/C19H25N3O3/c1-3-4-11-20-15-5-10-18(22-14-15)19(23)21-12-13-25-17-8-6-16(24-2)7-9-17/h5-10,14,20H,3-4,11-13H2,1-2H3,(H,21,23). The van der Waals surface area contributed by atoms with Gasteiger partial charge in [-0.05, 0) is 42.8 Å². The van der Waals surface area contributed by atoms with E-state index in [0.29, 0.717) is 18.8 Å². The van der Waals surface area contributed by atoms with Crippen molar-refractivity contribution in [2.24, 2.45) is 0 Å². The summed E-state index contributed by atoms with van der Waals surface area (Å²) in [6.07, 6.45) is 3.92. The maximum Gasteiger partial charge on any atom is 0.269 e. The summed E-state index contributed by atoms with van der Waals surface area (Å²) in [6.45, 7) is 3.84. The van der Waals surface area contributed by atoms with E-state index in [1.807, 2.05) is 30.3 Å². The molecule has 134 valence electrons. The second-order valence-electron chi connectivity index (χ2n) is 5.49. The number of rotatable bonds is 10. The van der Waals surface area contributed by atoms with Crippen LogP contribution in [0.15, 0.2) is 42.6 Å². The highest BCUT2D eigenvalue weighted by molar-refractivity contribution is 5.92. The zero-order valence-electron chi connectivity index (χ0n) is 14.7. The summed E-state index contributed by atoms with van der Waals surface area (Å²) >= 11 is 0. The molecule has 0 radical (unpaired) electrons. The largest absolute Gasteiger partial charge is 0.497 e. The lowest BCUT2D eigenvalue weighted by Crippen LogP contribution is -2.28. The fourth-order valence-electron chi connectivity index (χ4n) is 2.14. The summed E-state index contributed by atoms with van der Waals surface area (Å²) in [4.78, 5) is 16.2. The number of amides is 1. The molecule has 0 spiro atoms. The highest BCUT2D eigenvalue weighted by Crippen LogP contribution is 2.16. The van der Waals surface area contributed by atoms with E-state index in [4.69, 9.17) is 9.47 Å². The molecule has 0 saturated heterocycles. The van der Waals surface area contributed by atoms with E-state index in [9.17, 15) is 4.79 Å². The van der Waals surface area contributed by atoms with Gasteiger partial charge in [0.15, 0.2) is 0 Å². The van der Waals surface area contributed by atoms with Gasteiger partial charge in [-0.2, -0.15) is 0 Å². The number of aromatic nitrogens is 1. The van der Waals surface area contributed by atoms with Gasteiger partial charge >= 0.3 is 0 Å². The van der Waals surface area contributed by atoms with Crippen molar-refractivity contribution in [2.75, 3.05) is 32.1 Å². The summed E-state index contributed by atoms with van der Waals surface area (Å²) in [5, 5.41) is 6.06. The molecule has 0 fully saturated rings. The molecule has 25 heavy (non-hydrogen) atoms. The molecule has 0 aliphatic heterocycles. The number of nitrogens with zero attached hydrogens (tertiary/aromatic N) is 1. The fourth-order valence-corrected chi connectivity index (χ4v) is 2.14. The van der Waals surface area contributed by atoms with Crippen molar-refractivity contribution in [3.63, 3.8) is 0 Å². The number of carbonyl (C=O) groups excluding carboxylic acids is 1. The molecule has 0 aliphatic rings. The zero-order valence-corrected chi connectivity index (χ0v) is 14.7. The van der Waals surface area contributed by atoms with Gasteiger partial charge in [0.25, 0.3) is 5.91 Å². The van der Waals surface area contributed by atoms with Gasteiger partial charge in [-0.3, -0.25) is 4.79 Å². The molecular weight excluding hydrogens is 318 g/mol. The van der Waals surface area contributed by atoms with E-state index in [1.165, 1.54) is 0 Å². The van der Waals surface area contributed by atoms with E-state index in [-0.39, 0.29) is 5.91 Å². The lowest BCUT2D eigenvalue weighted by molar-refractivity contribution is 0.0942. The molecule has 6 nitrogen and oxygen atoms in total. The SMILES string of the molecule is CCCCNc1ccc(C(=O)NCCOc2ccc(OC)cc2)nc1. The first-order chi connectivity index (χ1) is 12.2. The molecule has 1 amide bonds. The van der Waals surface area contributed by atoms with Gasteiger partial charge in [-0.25, -0.2) is 4.98 Å². The number of nitrogens with one attached hydrogen (secondary N) is 2. The number of ether oxygens (including phenoxy) is 2. The van der Waals surface area contributed by atoms with Gasteiger partial charge in [0, 0.05) is 6.54 Å². The van der Waals surface area contributed by atoms with E-state index in [0.717, 1.165) is 36.6 Å². The Bertz CT molecular complexity index is 642. The number of hydrogen-bond acceptors (Lipinski definition) is 5. The molecular formula is C19H25N3O3. The smallest absolute Gasteiger partial charge is 0.269 e. The minimum atomic E-state index is -0.210. The summed E-state index contributed by atoms with van der Waals surface area (Å²) in [5.74, 6) is 1.30. The Balaban J connectivity index is 1.70. The normalized spacial score (nSPS) is 10.2. The van der Waals surface area contributed by atoms with Gasteiger partial charge in [-0.15, -0.1) is 0 Å². The van der Waals surface area contributed by atoms with Crippen LogP contribution in [-0.4, -0.2) is 37.7 Å². The van der Waals surface area contributed by atoms with Crippen molar-refractivity contribution in [1.82, 2.24) is 10.3 Å². The van der Waals surface area contributed by atoms with Crippen LogP contribution < -0.4 is 20.1 Å². The Hall–Kier alpha value is -2.76. The Kier molecular flexibility index (Phi) is 7.56. The first-order valence-corrected chi connectivity index (χ1v) is 8.48. The number of carbonyl (C=O) groups is 1. The summed E-state index contributed by atoms with van der Waals surface area (Å²) in [6, 6.07) is 10.9. The number of benzene rings is 1. The van der Waals surface area contributed by atoms with Crippen LogP contribution in [0.3, 0.4) is 0 Å². The van der Waals surface area contributed by atoms with Gasteiger partial charge in [-0.1, -0.05) is 13.3 Å². The fraction of sp³-hybridized carbons (Fsp3) is 0.368. The first kappa shape index (κ1) is 18.6. The van der Waals surface area contributed by atoms with Crippen molar-refractivity contribution in [1.29, 1.82) is 0 Å². The van der Waals surface area contributed by atoms with E-state index in [1.54, 1.807) is 19.4 Å². The first-order valence-electron chi connectivity index (χ1n) is 8.48. The van der Waals surface area contributed by atoms with Crippen LogP contribution in [0.1, 0.15) is 30.3 Å². The van der Waals surface area contributed by atoms with Crippen molar-refractivity contribution >= 4 is 11.6 Å². The number of methoxy groups -OCH3 is 1. The lowest BCUT2D eigenvalue weighted by Gasteiger charge is -2.09. The second-order valence-corrected chi connectivity index (χ2v) is 5.49. The average molecular weight is 343 g/mol. The molecule has 1 aromatic carbocycles. The number of pyridine rings is 1. The van der Waals surface area contributed by atoms with Crippen LogP contribution in [0.5, 0.6) is 11.5 Å². The van der Waals surface area contributed by atoms with Gasteiger partial charge < -0.3 is 20.1 Å². The quantitative estimate of drug-likeness (QED) is 0.649. The predicted octanol–water partition coefficient (Wildman–Crippen LogP) is 3.11. The topological polar surface area (TPSA) is 72.5 Å². The molecule has 0 aliphatic carbocycles. The van der Waals surface area contributed by atoms with Crippen LogP contribution in [-0.2, 0) is 0 Å². The minimum Gasteiger partial charge on any atom is -0.497 e. The maximum absolute atomic E-state index is 12.0. The third-order valence-electron chi connectivity index (χ3n) is 3.57. The Morgan fingerprint density at radius 1 is 1.08 bits per heavy atom. The second kappa shape index (κ2) is 10.2. The Labute approximate surface area is 148 Å².